The molecule has 0 spiro atoms. The summed E-state index contributed by atoms with van der Waals surface area (Å²) in [4.78, 5) is 12.4. The maximum atomic E-state index is 4.47. The highest BCUT2D eigenvalue weighted by Crippen LogP contribution is 2.16. The van der Waals surface area contributed by atoms with Crippen molar-refractivity contribution in [2.75, 3.05) is 0 Å². The van der Waals surface area contributed by atoms with Crippen molar-refractivity contribution in [1.82, 2.24) is 19.4 Å². The molecule has 4 heteroatoms. The van der Waals surface area contributed by atoms with E-state index in [9.17, 15) is 0 Å². The summed E-state index contributed by atoms with van der Waals surface area (Å²) in [5.41, 5.74) is 2.75. The molecule has 0 N–H and O–H groups in total. The fourth-order valence-electron chi connectivity index (χ4n) is 1.51. The summed E-state index contributed by atoms with van der Waals surface area (Å²) in [6, 6.07) is 5.90. The third-order valence-electron chi connectivity index (χ3n) is 2.22. The highest BCUT2D eigenvalue weighted by Gasteiger charge is 2.03. The van der Waals surface area contributed by atoms with Gasteiger partial charge in [0.05, 0.1) is 5.69 Å². The molecule has 0 radical (unpaired) electrons. The molecule has 0 aliphatic heterocycles. The van der Waals surface area contributed by atoms with Crippen molar-refractivity contribution in [2.24, 2.45) is 0 Å². The number of rotatable bonds is 1. The first-order valence-corrected chi connectivity index (χ1v) is 4.62. The number of hydrogen-bond donors (Lipinski definition) is 0. The van der Waals surface area contributed by atoms with E-state index in [0.29, 0.717) is 0 Å². The number of pyridine rings is 1. The Morgan fingerprint density at radius 3 is 2.73 bits per heavy atom. The van der Waals surface area contributed by atoms with Gasteiger partial charge < -0.3 is 4.40 Å². The van der Waals surface area contributed by atoms with Crippen LogP contribution in [0.3, 0.4) is 0 Å². The number of fused-ring (bicyclic) bond motifs is 1. The Labute approximate surface area is 86.3 Å². The number of hydrogen-bond acceptors (Lipinski definition) is 3. The normalized spacial score (nSPS) is 10.7. The van der Waals surface area contributed by atoms with Crippen molar-refractivity contribution in [1.29, 1.82) is 0 Å². The quantitative estimate of drug-likeness (QED) is 0.596. The molecule has 0 saturated carbocycles. The second kappa shape index (κ2) is 3.16. The molecule has 0 fully saturated rings. The van der Waals surface area contributed by atoms with Gasteiger partial charge in [0.2, 0.25) is 0 Å². The molecule has 0 unspecified atom stereocenters. The van der Waals surface area contributed by atoms with E-state index >= 15 is 0 Å². The van der Waals surface area contributed by atoms with Crippen LogP contribution in [0.15, 0.2) is 49.3 Å². The van der Waals surface area contributed by atoms with Gasteiger partial charge in [0.1, 0.15) is 12.0 Å². The van der Waals surface area contributed by atoms with Crippen molar-refractivity contribution in [3.63, 3.8) is 0 Å². The standard InChI is InChI=1S/C11H8N4/c1-2-4-15-7-10(14-11(15)3-1)9-5-12-8-13-6-9/h1-8H. The van der Waals surface area contributed by atoms with E-state index in [1.54, 1.807) is 12.4 Å². The zero-order valence-electron chi connectivity index (χ0n) is 7.91. The highest BCUT2D eigenvalue weighted by molar-refractivity contribution is 5.60. The van der Waals surface area contributed by atoms with Crippen LogP contribution in [0.2, 0.25) is 0 Å². The summed E-state index contributed by atoms with van der Waals surface area (Å²) >= 11 is 0. The predicted octanol–water partition coefficient (Wildman–Crippen LogP) is 1.79. The van der Waals surface area contributed by atoms with Crippen LogP contribution in [-0.2, 0) is 0 Å². The minimum atomic E-state index is 0.891. The molecule has 0 atom stereocenters. The molecule has 72 valence electrons. The third-order valence-corrected chi connectivity index (χ3v) is 2.22. The molecule has 0 amide bonds. The number of imidazole rings is 1. The Hall–Kier alpha value is -2.23. The van der Waals surface area contributed by atoms with Crippen LogP contribution in [0.25, 0.3) is 16.9 Å². The number of aromatic nitrogens is 4. The maximum Gasteiger partial charge on any atom is 0.137 e. The fourth-order valence-corrected chi connectivity index (χ4v) is 1.51. The molecule has 3 rings (SSSR count). The van der Waals surface area contributed by atoms with Gasteiger partial charge in [-0.25, -0.2) is 15.0 Å². The predicted molar refractivity (Wildman–Crippen MR) is 56.2 cm³/mol. The largest absolute Gasteiger partial charge is 0.306 e. The molecule has 3 heterocycles. The van der Waals surface area contributed by atoms with Gasteiger partial charge in [-0.3, -0.25) is 0 Å². The van der Waals surface area contributed by atoms with Gasteiger partial charge in [-0.15, -0.1) is 0 Å². The molecule has 0 aliphatic rings. The molecular formula is C11H8N4. The zero-order valence-corrected chi connectivity index (χ0v) is 7.91. The van der Waals surface area contributed by atoms with Crippen LogP contribution in [0, 0.1) is 0 Å². The van der Waals surface area contributed by atoms with Gasteiger partial charge in [-0.05, 0) is 12.1 Å². The Bertz CT molecular complexity index is 553. The fraction of sp³-hybridized carbons (Fsp3) is 0. The first kappa shape index (κ1) is 8.11. The lowest BCUT2D eigenvalue weighted by atomic mass is 10.3. The highest BCUT2D eigenvalue weighted by atomic mass is 15.0. The smallest absolute Gasteiger partial charge is 0.137 e. The van der Waals surface area contributed by atoms with E-state index in [2.05, 4.69) is 15.0 Å². The molecule has 0 aromatic carbocycles. The summed E-state index contributed by atoms with van der Waals surface area (Å²) in [6.07, 6.45) is 8.96. The minimum absolute atomic E-state index is 0.891. The lowest BCUT2D eigenvalue weighted by Gasteiger charge is -1.90. The summed E-state index contributed by atoms with van der Waals surface area (Å²) in [6.45, 7) is 0. The topological polar surface area (TPSA) is 43.1 Å². The van der Waals surface area contributed by atoms with E-state index < -0.39 is 0 Å². The van der Waals surface area contributed by atoms with Crippen molar-refractivity contribution in [3.8, 4) is 11.3 Å². The first-order valence-electron chi connectivity index (χ1n) is 4.62. The Morgan fingerprint density at radius 2 is 1.93 bits per heavy atom. The van der Waals surface area contributed by atoms with Gasteiger partial charge >= 0.3 is 0 Å². The Morgan fingerprint density at radius 1 is 1.07 bits per heavy atom. The van der Waals surface area contributed by atoms with E-state index in [1.165, 1.54) is 6.33 Å². The van der Waals surface area contributed by atoms with Crippen molar-refractivity contribution in [3.05, 3.63) is 49.3 Å². The molecule has 4 nitrogen and oxygen atoms in total. The average molecular weight is 196 g/mol. The van der Waals surface area contributed by atoms with Crippen LogP contribution < -0.4 is 0 Å². The monoisotopic (exact) mass is 196 g/mol. The van der Waals surface area contributed by atoms with Gasteiger partial charge in [-0.1, -0.05) is 6.07 Å². The van der Waals surface area contributed by atoms with Crippen LogP contribution in [0.4, 0.5) is 0 Å². The van der Waals surface area contributed by atoms with E-state index in [-0.39, 0.29) is 0 Å². The maximum absolute atomic E-state index is 4.47. The van der Waals surface area contributed by atoms with Gasteiger partial charge in [-0.2, -0.15) is 0 Å². The molecule has 15 heavy (non-hydrogen) atoms. The molecule has 0 aliphatic carbocycles. The molecule has 3 aromatic heterocycles. The van der Waals surface area contributed by atoms with Crippen LogP contribution in [0.1, 0.15) is 0 Å². The Kier molecular flexibility index (Phi) is 1.71. The summed E-state index contributed by atoms with van der Waals surface area (Å²) in [7, 11) is 0. The first-order chi connectivity index (χ1) is 7.43. The summed E-state index contributed by atoms with van der Waals surface area (Å²) in [5.74, 6) is 0. The third kappa shape index (κ3) is 1.36. The lowest BCUT2D eigenvalue weighted by molar-refractivity contribution is 1.16. The van der Waals surface area contributed by atoms with Gasteiger partial charge in [0, 0.05) is 30.4 Å². The average Bonchev–Trinajstić information content (AvgIpc) is 2.74. The zero-order chi connectivity index (χ0) is 10.1. The van der Waals surface area contributed by atoms with E-state index in [4.69, 9.17) is 0 Å². The molecule has 0 bridgehead atoms. The number of nitrogens with zero attached hydrogens (tertiary/aromatic N) is 4. The second-order valence-corrected chi connectivity index (χ2v) is 3.22. The summed E-state index contributed by atoms with van der Waals surface area (Å²) < 4.78 is 1.97. The van der Waals surface area contributed by atoms with Crippen molar-refractivity contribution < 1.29 is 0 Å². The molecule has 3 aromatic rings. The minimum Gasteiger partial charge on any atom is -0.306 e. The SMILES string of the molecule is c1ccn2cc(-c3cncnc3)nc2c1. The molecule has 0 saturated heterocycles. The van der Waals surface area contributed by atoms with Crippen LogP contribution in [-0.4, -0.2) is 19.4 Å². The van der Waals surface area contributed by atoms with Crippen LogP contribution >= 0.6 is 0 Å². The van der Waals surface area contributed by atoms with Crippen LogP contribution in [0.5, 0.6) is 0 Å². The van der Waals surface area contributed by atoms with Gasteiger partial charge in [0.25, 0.3) is 0 Å². The van der Waals surface area contributed by atoms with E-state index in [1.807, 2.05) is 35.0 Å². The van der Waals surface area contributed by atoms with Gasteiger partial charge in [0.15, 0.2) is 0 Å². The van der Waals surface area contributed by atoms with E-state index in [0.717, 1.165) is 16.9 Å². The summed E-state index contributed by atoms with van der Waals surface area (Å²) in [5, 5.41) is 0. The molecular weight excluding hydrogens is 188 g/mol. The van der Waals surface area contributed by atoms with Crippen molar-refractivity contribution in [2.45, 2.75) is 0 Å². The second-order valence-electron chi connectivity index (χ2n) is 3.22. The lowest BCUT2D eigenvalue weighted by Crippen LogP contribution is -1.80. The van der Waals surface area contributed by atoms with Crippen molar-refractivity contribution >= 4 is 5.65 Å². The Balaban J connectivity index is 2.21.